The maximum absolute atomic E-state index is 13.7. The van der Waals surface area contributed by atoms with Crippen LogP contribution in [0.3, 0.4) is 0 Å². The highest BCUT2D eigenvalue weighted by atomic mass is 19.1. The number of halogens is 1. The van der Waals surface area contributed by atoms with Gasteiger partial charge in [-0.1, -0.05) is 6.07 Å². The number of carbonyl (C=O) groups excluding carboxylic acids is 1. The molecular formula is C11H10FN5O. The average Bonchev–Trinajstić information content (AvgIpc) is 2.38. The van der Waals surface area contributed by atoms with Crippen molar-refractivity contribution in [2.24, 2.45) is 0 Å². The van der Waals surface area contributed by atoms with Crippen molar-refractivity contribution >= 4 is 11.9 Å². The molecule has 0 spiro atoms. The summed E-state index contributed by atoms with van der Waals surface area (Å²) in [7, 11) is 1.44. The Morgan fingerprint density at radius 1 is 1.39 bits per heavy atom. The Balaban J connectivity index is 2.40. The zero-order valence-electron chi connectivity index (χ0n) is 9.51. The Hall–Kier alpha value is -2.57. The number of benzene rings is 1. The third-order valence-corrected chi connectivity index (χ3v) is 2.32. The SMILES string of the molecule is CNC(=O)c1ccc(-c2cnc(N)nn2)cc1F. The van der Waals surface area contributed by atoms with Gasteiger partial charge in [0.15, 0.2) is 0 Å². The molecule has 2 rings (SSSR count). The van der Waals surface area contributed by atoms with Gasteiger partial charge in [-0.3, -0.25) is 4.79 Å². The molecule has 0 saturated heterocycles. The Kier molecular flexibility index (Phi) is 3.13. The maximum Gasteiger partial charge on any atom is 0.253 e. The lowest BCUT2D eigenvalue weighted by Crippen LogP contribution is -2.19. The Labute approximate surface area is 102 Å². The summed E-state index contributed by atoms with van der Waals surface area (Å²) in [4.78, 5) is 15.1. The highest BCUT2D eigenvalue weighted by molar-refractivity contribution is 5.94. The summed E-state index contributed by atoms with van der Waals surface area (Å²) in [5, 5.41) is 9.71. The first-order valence-electron chi connectivity index (χ1n) is 5.09. The summed E-state index contributed by atoms with van der Waals surface area (Å²) in [6, 6.07) is 4.14. The number of nitrogen functional groups attached to an aromatic ring is 1. The van der Waals surface area contributed by atoms with Crippen LogP contribution in [0.1, 0.15) is 10.4 Å². The van der Waals surface area contributed by atoms with Crippen molar-refractivity contribution in [3.05, 3.63) is 35.8 Å². The van der Waals surface area contributed by atoms with E-state index in [-0.39, 0.29) is 11.5 Å². The van der Waals surface area contributed by atoms with Gasteiger partial charge < -0.3 is 11.1 Å². The van der Waals surface area contributed by atoms with Crippen LogP contribution in [0.4, 0.5) is 10.3 Å². The van der Waals surface area contributed by atoms with Crippen LogP contribution in [0.2, 0.25) is 0 Å². The number of aromatic nitrogens is 3. The smallest absolute Gasteiger partial charge is 0.253 e. The topological polar surface area (TPSA) is 93.8 Å². The van der Waals surface area contributed by atoms with Crippen LogP contribution in [-0.4, -0.2) is 28.1 Å². The largest absolute Gasteiger partial charge is 0.366 e. The van der Waals surface area contributed by atoms with Crippen LogP contribution < -0.4 is 11.1 Å². The van der Waals surface area contributed by atoms with E-state index in [4.69, 9.17) is 5.73 Å². The number of rotatable bonds is 2. The predicted molar refractivity (Wildman–Crippen MR) is 63.0 cm³/mol. The van der Waals surface area contributed by atoms with E-state index in [2.05, 4.69) is 20.5 Å². The summed E-state index contributed by atoms with van der Waals surface area (Å²) in [6.07, 6.45) is 1.39. The maximum atomic E-state index is 13.7. The van der Waals surface area contributed by atoms with Gasteiger partial charge in [-0.2, -0.15) is 0 Å². The molecule has 0 aliphatic rings. The average molecular weight is 247 g/mol. The Bertz CT molecular complexity index is 584. The fourth-order valence-electron chi connectivity index (χ4n) is 1.41. The van der Waals surface area contributed by atoms with Gasteiger partial charge in [-0.05, 0) is 12.1 Å². The minimum atomic E-state index is -0.634. The number of amides is 1. The van der Waals surface area contributed by atoms with Crippen molar-refractivity contribution in [1.29, 1.82) is 0 Å². The van der Waals surface area contributed by atoms with Crippen LogP contribution in [-0.2, 0) is 0 Å². The summed E-state index contributed by atoms with van der Waals surface area (Å²) in [5.41, 5.74) is 6.13. The molecule has 0 unspecified atom stereocenters. The zero-order chi connectivity index (χ0) is 13.1. The van der Waals surface area contributed by atoms with Gasteiger partial charge in [0, 0.05) is 12.6 Å². The minimum Gasteiger partial charge on any atom is -0.366 e. The first kappa shape index (κ1) is 11.9. The number of hydrogen-bond acceptors (Lipinski definition) is 5. The molecule has 92 valence electrons. The van der Waals surface area contributed by atoms with Crippen LogP contribution in [0.5, 0.6) is 0 Å². The zero-order valence-corrected chi connectivity index (χ0v) is 9.51. The van der Waals surface area contributed by atoms with Gasteiger partial charge in [0.2, 0.25) is 5.95 Å². The van der Waals surface area contributed by atoms with Crippen molar-refractivity contribution in [3.63, 3.8) is 0 Å². The van der Waals surface area contributed by atoms with E-state index in [1.165, 1.54) is 25.4 Å². The van der Waals surface area contributed by atoms with E-state index < -0.39 is 11.7 Å². The van der Waals surface area contributed by atoms with Crippen molar-refractivity contribution < 1.29 is 9.18 Å². The van der Waals surface area contributed by atoms with E-state index in [1.807, 2.05) is 0 Å². The predicted octanol–water partition coefficient (Wildman–Crippen LogP) is 0.619. The first-order valence-corrected chi connectivity index (χ1v) is 5.09. The number of anilines is 1. The molecule has 0 atom stereocenters. The molecule has 1 aromatic carbocycles. The van der Waals surface area contributed by atoms with Crippen molar-refractivity contribution in [2.45, 2.75) is 0 Å². The van der Waals surface area contributed by atoms with Crippen LogP contribution >= 0.6 is 0 Å². The molecule has 0 fully saturated rings. The summed E-state index contributed by atoms with van der Waals surface area (Å²) in [5.74, 6) is -1.08. The van der Waals surface area contributed by atoms with Crippen LogP contribution in [0.25, 0.3) is 11.3 Å². The molecule has 6 nitrogen and oxygen atoms in total. The third kappa shape index (κ3) is 2.24. The number of nitrogens with one attached hydrogen (secondary N) is 1. The van der Waals surface area contributed by atoms with Gasteiger partial charge in [0.1, 0.15) is 11.5 Å². The summed E-state index contributed by atoms with van der Waals surface area (Å²) >= 11 is 0. The molecule has 2 aromatic rings. The molecule has 0 bridgehead atoms. The van der Waals surface area contributed by atoms with E-state index in [0.29, 0.717) is 11.3 Å². The summed E-state index contributed by atoms with van der Waals surface area (Å²) < 4.78 is 13.7. The fourth-order valence-corrected chi connectivity index (χ4v) is 1.41. The molecule has 0 saturated carbocycles. The minimum absolute atomic E-state index is 0.0300. The lowest BCUT2D eigenvalue weighted by molar-refractivity contribution is 0.0959. The quantitative estimate of drug-likeness (QED) is 0.811. The molecule has 1 heterocycles. The highest BCUT2D eigenvalue weighted by Crippen LogP contribution is 2.19. The molecule has 7 heteroatoms. The molecule has 1 aromatic heterocycles. The molecule has 0 aliphatic heterocycles. The molecule has 1 amide bonds. The van der Waals surface area contributed by atoms with Gasteiger partial charge in [-0.15, -0.1) is 10.2 Å². The number of hydrogen-bond donors (Lipinski definition) is 2. The van der Waals surface area contributed by atoms with Crippen molar-refractivity contribution in [1.82, 2.24) is 20.5 Å². The summed E-state index contributed by atoms with van der Waals surface area (Å²) in [6.45, 7) is 0. The Morgan fingerprint density at radius 3 is 2.72 bits per heavy atom. The second-order valence-corrected chi connectivity index (χ2v) is 3.48. The Morgan fingerprint density at radius 2 is 2.17 bits per heavy atom. The third-order valence-electron chi connectivity index (χ3n) is 2.32. The molecule has 0 aliphatic carbocycles. The first-order chi connectivity index (χ1) is 8.61. The van der Waals surface area contributed by atoms with E-state index >= 15 is 0 Å². The highest BCUT2D eigenvalue weighted by Gasteiger charge is 2.11. The number of nitrogens with zero attached hydrogens (tertiary/aromatic N) is 3. The van der Waals surface area contributed by atoms with E-state index in [1.54, 1.807) is 6.07 Å². The van der Waals surface area contributed by atoms with Gasteiger partial charge in [0.25, 0.3) is 5.91 Å². The lowest BCUT2D eigenvalue weighted by Gasteiger charge is -2.04. The van der Waals surface area contributed by atoms with E-state index in [0.717, 1.165) is 0 Å². The van der Waals surface area contributed by atoms with E-state index in [9.17, 15) is 9.18 Å². The van der Waals surface area contributed by atoms with Crippen molar-refractivity contribution in [3.8, 4) is 11.3 Å². The molecule has 3 N–H and O–H groups in total. The molecule has 18 heavy (non-hydrogen) atoms. The van der Waals surface area contributed by atoms with Gasteiger partial charge in [0.05, 0.1) is 11.8 Å². The molecular weight excluding hydrogens is 237 g/mol. The monoisotopic (exact) mass is 247 g/mol. The van der Waals surface area contributed by atoms with Crippen LogP contribution in [0.15, 0.2) is 24.4 Å². The van der Waals surface area contributed by atoms with Gasteiger partial charge in [-0.25, -0.2) is 9.37 Å². The number of carbonyl (C=O) groups is 1. The normalized spacial score (nSPS) is 10.1. The molecule has 0 radical (unpaired) electrons. The van der Waals surface area contributed by atoms with Gasteiger partial charge >= 0.3 is 0 Å². The fraction of sp³-hybridized carbons (Fsp3) is 0.0909. The second kappa shape index (κ2) is 4.74. The van der Waals surface area contributed by atoms with Crippen molar-refractivity contribution in [2.75, 3.05) is 12.8 Å². The standard InChI is InChI=1S/C11H10FN5O/c1-14-10(18)7-3-2-6(4-8(7)12)9-5-15-11(13)17-16-9/h2-5H,1H3,(H,14,18)(H2,13,15,17). The number of nitrogens with two attached hydrogens (primary N) is 1. The lowest BCUT2D eigenvalue weighted by atomic mass is 10.1. The van der Waals surface area contributed by atoms with Crippen LogP contribution in [0, 0.1) is 5.82 Å². The second-order valence-electron chi connectivity index (χ2n) is 3.48.